The van der Waals surface area contributed by atoms with Crippen molar-refractivity contribution >= 4 is 5.97 Å². The van der Waals surface area contributed by atoms with E-state index in [4.69, 9.17) is 9.84 Å². The summed E-state index contributed by atoms with van der Waals surface area (Å²) in [5, 5.41) is 8.71. The molecule has 1 aromatic carbocycles. The Morgan fingerprint density at radius 1 is 1.27 bits per heavy atom. The Bertz CT molecular complexity index is 399. The minimum atomic E-state index is -0.899. The van der Waals surface area contributed by atoms with Crippen LogP contribution in [-0.2, 0) is 0 Å². The highest BCUT2D eigenvalue weighted by atomic mass is 16.5. The monoisotopic (exact) mass is 204 g/mol. The first kappa shape index (κ1) is 8.77. The van der Waals surface area contributed by atoms with Gasteiger partial charge in [0, 0.05) is 11.8 Å². The van der Waals surface area contributed by atoms with E-state index in [1.807, 2.05) is 0 Å². The number of ether oxygens (including phenoxy) is 1. The molecule has 0 spiro atoms. The molecular formula is C12H12O3. The molecule has 0 amide bonds. The van der Waals surface area contributed by atoms with Gasteiger partial charge in [0.25, 0.3) is 0 Å². The standard InChI is InChI=1S/C12H12O3/c1-6-9-10(6)11(9)15-8-4-2-7(3-5-8)12(13)14/h2-6,9-11H,1H3,(H,13,14). The third-order valence-electron chi connectivity index (χ3n) is 3.51. The molecule has 0 saturated heterocycles. The zero-order valence-electron chi connectivity index (χ0n) is 8.38. The highest BCUT2D eigenvalue weighted by Crippen LogP contribution is 2.68. The third-order valence-corrected chi connectivity index (χ3v) is 3.51. The summed E-state index contributed by atoms with van der Waals surface area (Å²) in [6, 6.07) is 6.61. The zero-order chi connectivity index (χ0) is 10.6. The van der Waals surface area contributed by atoms with Crippen LogP contribution in [0.1, 0.15) is 17.3 Å². The Morgan fingerprint density at radius 2 is 1.87 bits per heavy atom. The van der Waals surface area contributed by atoms with Gasteiger partial charge < -0.3 is 9.84 Å². The lowest BCUT2D eigenvalue weighted by molar-refractivity contribution is 0.0697. The number of rotatable bonds is 3. The SMILES string of the molecule is CC1C2C(Oc3ccc(C(=O)O)cc3)C12. The van der Waals surface area contributed by atoms with Crippen LogP contribution in [-0.4, -0.2) is 17.2 Å². The van der Waals surface area contributed by atoms with Crippen molar-refractivity contribution in [2.24, 2.45) is 17.8 Å². The molecule has 2 aliphatic carbocycles. The van der Waals surface area contributed by atoms with Crippen LogP contribution >= 0.6 is 0 Å². The summed E-state index contributed by atoms with van der Waals surface area (Å²) >= 11 is 0. The van der Waals surface area contributed by atoms with Crippen molar-refractivity contribution < 1.29 is 14.6 Å². The summed E-state index contributed by atoms with van der Waals surface area (Å²) < 4.78 is 5.70. The van der Waals surface area contributed by atoms with Gasteiger partial charge in [0.05, 0.1) is 5.56 Å². The molecule has 3 nitrogen and oxygen atoms in total. The Morgan fingerprint density at radius 3 is 2.33 bits per heavy atom. The number of carbonyl (C=O) groups is 1. The summed E-state index contributed by atoms with van der Waals surface area (Å²) in [7, 11) is 0. The van der Waals surface area contributed by atoms with Crippen molar-refractivity contribution in [2.45, 2.75) is 13.0 Å². The van der Waals surface area contributed by atoms with Gasteiger partial charge in [-0.1, -0.05) is 6.92 Å². The molecule has 0 radical (unpaired) electrons. The van der Waals surface area contributed by atoms with Crippen LogP contribution in [0.15, 0.2) is 24.3 Å². The lowest BCUT2D eigenvalue weighted by Gasteiger charge is -2.11. The first-order chi connectivity index (χ1) is 7.18. The first-order valence-corrected chi connectivity index (χ1v) is 5.18. The molecular weight excluding hydrogens is 192 g/mol. The van der Waals surface area contributed by atoms with Crippen LogP contribution < -0.4 is 4.74 Å². The molecule has 2 aliphatic rings. The number of hydrogen-bond donors (Lipinski definition) is 1. The van der Waals surface area contributed by atoms with Gasteiger partial charge in [-0.25, -0.2) is 4.79 Å². The Labute approximate surface area is 87.7 Å². The maximum absolute atomic E-state index is 10.6. The Hall–Kier alpha value is -1.51. The van der Waals surface area contributed by atoms with Gasteiger partial charge in [-0.3, -0.25) is 0 Å². The predicted octanol–water partition coefficient (Wildman–Crippen LogP) is 2.03. The smallest absolute Gasteiger partial charge is 0.335 e. The number of benzene rings is 1. The average Bonchev–Trinajstić information content (AvgIpc) is 3.09. The molecule has 0 aliphatic heterocycles. The fourth-order valence-corrected chi connectivity index (χ4v) is 2.30. The van der Waals surface area contributed by atoms with Crippen molar-refractivity contribution in [3.05, 3.63) is 29.8 Å². The van der Waals surface area contributed by atoms with Crippen LogP contribution in [0.5, 0.6) is 5.75 Å². The highest BCUT2D eigenvalue weighted by molar-refractivity contribution is 5.87. The summed E-state index contributed by atoms with van der Waals surface area (Å²) in [4.78, 5) is 10.6. The largest absolute Gasteiger partial charge is 0.490 e. The van der Waals surface area contributed by atoms with Gasteiger partial charge in [-0.15, -0.1) is 0 Å². The molecule has 2 unspecified atom stereocenters. The molecule has 15 heavy (non-hydrogen) atoms. The van der Waals surface area contributed by atoms with E-state index in [2.05, 4.69) is 6.92 Å². The van der Waals surface area contributed by atoms with Crippen LogP contribution in [0.2, 0.25) is 0 Å². The Balaban J connectivity index is 1.64. The summed E-state index contributed by atoms with van der Waals surface area (Å²) in [6.07, 6.45) is 0.399. The van der Waals surface area contributed by atoms with E-state index >= 15 is 0 Å². The summed E-state index contributed by atoms with van der Waals surface area (Å²) in [6.45, 7) is 2.24. The fraction of sp³-hybridized carbons (Fsp3) is 0.417. The molecule has 0 bridgehead atoms. The lowest BCUT2D eigenvalue weighted by Crippen LogP contribution is -2.11. The van der Waals surface area contributed by atoms with Gasteiger partial charge in [0.15, 0.2) is 0 Å². The van der Waals surface area contributed by atoms with Crippen LogP contribution in [0.25, 0.3) is 0 Å². The third kappa shape index (κ3) is 1.30. The minimum absolute atomic E-state index is 0.302. The minimum Gasteiger partial charge on any atom is -0.490 e. The van der Waals surface area contributed by atoms with Gasteiger partial charge >= 0.3 is 5.97 Å². The second-order valence-corrected chi connectivity index (χ2v) is 4.43. The van der Waals surface area contributed by atoms with Crippen molar-refractivity contribution in [1.82, 2.24) is 0 Å². The van der Waals surface area contributed by atoms with Crippen molar-refractivity contribution in [2.75, 3.05) is 0 Å². The maximum atomic E-state index is 10.6. The molecule has 3 rings (SSSR count). The highest BCUT2D eigenvalue weighted by Gasteiger charge is 2.73. The summed E-state index contributed by atoms with van der Waals surface area (Å²) in [5.41, 5.74) is 0.302. The van der Waals surface area contributed by atoms with Gasteiger partial charge in [-0.2, -0.15) is 0 Å². The van der Waals surface area contributed by atoms with Crippen molar-refractivity contribution in [3.63, 3.8) is 0 Å². The van der Waals surface area contributed by atoms with Crippen molar-refractivity contribution in [1.29, 1.82) is 0 Å². The molecule has 2 atom stereocenters. The normalized spacial score (nSPS) is 35.5. The molecule has 2 saturated carbocycles. The predicted molar refractivity (Wildman–Crippen MR) is 54.0 cm³/mol. The van der Waals surface area contributed by atoms with Gasteiger partial charge in [-0.05, 0) is 30.2 Å². The molecule has 3 heteroatoms. The summed E-state index contributed by atoms with van der Waals surface area (Å²) in [5.74, 6) is 2.26. The fourth-order valence-electron chi connectivity index (χ4n) is 2.30. The van der Waals surface area contributed by atoms with E-state index < -0.39 is 5.97 Å². The molecule has 1 aromatic rings. The number of aromatic carboxylic acids is 1. The van der Waals surface area contributed by atoms with Gasteiger partial charge in [0.2, 0.25) is 0 Å². The van der Waals surface area contributed by atoms with Crippen LogP contribution in [0, 0.1) is 17.8 Å². The zero-order valence-corrected chi connectivity index (χ0v) is 8.38. The van der Waals surface area contributed by atoms with Gasteiger partial charge in [0.1, 0.15) is 11.9 Å². The quantitative estimate of drug-likeness (QED) is 0.819. The topological polar surface area (TPSA) is 46.5 Å². The van der Waals surface area contributed by atoms with Crippen molar-refractivity contribution in [3.8, 4) is 5.75 Å². The van der Waals surface area contributed by atoms with Crippen LogP contribution in [0.4, 0.5) is 0 Å². The molecule has 78 valence electrons. The maximum Gasteiger partial charge on any atom is 0.335 e. The van der Waals surface area contributed by atoms with E-state index in [-0.39, 0.29) is 0 Å². The van der Waals surface area contributed by atoms with E-state index in [0.717, 1.165) is 23.5 Å². The number of fused-ring (bicyclic) bond motifs is 1. The molecule has 0 aromatic heterocycles. The second-order valence-electron chi connectivity index (χ2n) is 4.43. The molecule has 0 heterocycles. The van der Waals surface area contributed by atoms with E-state index in [9.17, 15) is 4.79 Å². The number of carboxylic acids is 1. The second kappa shape index (κ2) is 2.75. The van der Waals surface area contributed by atoms with E-state index in [0.29, 0.717) is 11.7 Å². The lowest BCUT2D eigenvalue weighted by atomic mass is 10.2. The number of hydrogen-bond acceptors (Lipinski definition) is 2. The Kier molecular flexibility index (Phi) is 1.61. The number of carboxylic acid groups (broad SMARTS) is 1. The first-order valence-electron chi connectivity index (χ1n) is 5.18. The molecule has 2 fully saturated rings. The van der Waals surface area contributed by atoms with E-state index in [1.54, 1.807) is 24.3 Å². The molecule has 1 N–H and O–H groups in total. The van der Waals surface area contributed by atoms with E-state index in [1.165, 1.54) is 0 Å². The van der Waals surface area contributed by atoms with Crippen LogP contribution in [0.3, 0.4) is 0 Å². The average molecular weight is 204 g/mol.